The Morgan fingerprint density at radius 2 is 1.87 bits per heavy atom. The first-order valence-corrected chi connectivity index (χ1v) is 7.40. The quantitative estimate of drug-likeness (QED) is 0.889. The Bertz CT molecular complexity index is 721. The van der Waals surface area contributed by atoms with Crippen LogP contribution in [0.2, 0.25) is 0 Å². The van der Waals surface area contributed by atoms with Crippen LogP contribution >= 0.6 is 0 Å². The predicted octanol–water partition coefficient (Wildman–Crippen LogP) is 2.95. The summed E-state index contributed by atoms with van der Waals surface area (Å²) in [5.41, 5.74) is 3.72. The van der Waals surface area contributed by atoms with Gasteiger partial charge in [0.15, 0.2) is 0 Å². The first-order chi connectivity index (χ1) is 10.9. The molecule has 0 spiro atoms. The van der Waals surface area contributed by atoms with E-state index in [0.29, 0.717) is 5.69 Å². The van der Waals surface area contributed by atoms with Gasteiger partial charge in [0, 0.05) is 5.69 Å². The summed E-state index contributed by atoms with van der Waals surface area (Å²) < 4.78 is 0. The predicted molar refractivity (Wildman–Crippen MR) is 87.4 cm³/mol. The van der Waals surface area contributed by atoms with Crippen LogP contribution in [0.15, 0.2) is 36.4 Å². The molecule has 0 fully saturated rings. The highest BCUT2D eigenvalue weighted by Gasteiger charge is 2.21. The zero-order valence-electron chi connectivity index (χ0n) is 13.5. The van der Waals surface area contributed by atoms with Crippen LogP contribution in [0, 0.1) is 20.8 Å². The van der Waals surface area contributed by atoms with Gasteiger partial charge in [-0.05, 0) is 49.6 Å². The molecule has 5 heteroatoms. The minimum absolute atomic E-state index is 0.179. The molecule has 2 rings (SSSR count). The van der Waals surface area contributed by atoms with Gasteiger partial charge in [-0.1, -0.05) is 24.3 Å². The normalized spacial score (nSPS) is 11.8. The van der Waals surface area contributed by atoms with Crippen molar-refractivity contribution in [3.05, 3.63) is 64.5 Å². The average molecular weight is 312 g/mol. The second-order valence-corrected chi connectivity index (χ2v) is 5.65. The van der Waals surface area contributed by atoms with E-state index < -0.39 is 12.0 Å². The molecule has 120 valence electrons. The number of aromatic nitrogens is 1. The Morgan fingerprint density at radius 1 is 1.17 bits per heavy atom. The Kier molecular flexibility index (Phi) is 5.11. The van der Waals surface area contributed by atoms with Gasteiger partial charge in [-0.15, -0.1) is 0 Å². The number of amides is 1. The largest absolute Gasteiger partial charge is 0.481 e. The van der Waals surface area contributed by atoms with Gasteiger partial charge < -0.3 is 10.4 Å². The van der Waals surface area contributed by atoms with E-state index in [1.165, 1.54) is 0 Å². The minimum Gasteiger partial charge on any atom is -0.481 e. The highest BCUT2D eigenvalue weighted by Crippen LogP contribution is 2.21. The molecule has 1 atom stereocenters. The van der Waals surface area contributed by atoms with E-state index in [4.69, 9.17) is 5.11 Å². The molecule has 1 amide bonds. The molecular formula is C18H20N2O3. The molecule has 0 aliphatic rings. The molecule has 0 unspecified atom stereocenters. The van der Waals surface area contributed by atoms with Gasteiger partial charge in [-0.25, -0.2) is 4.98 Å². The number of benzene rings is 1. The lowest BCUT2D eigenvalue weighted by atomic mass is 9.98. The summed E-state index contributed by atoms with van der Waals surface area (Å²) in [6.45, 7) is 5.60. The Hall–Kier alpha value is -2.69. The number of nitrogens with zero attached hydrogens (tertiary/aromatic N) is 1. The summed E-state index contributed by atoms with van der Waals surface area (Å²) in [5.74, 6) is -1.33. The molecule has 5 nitrogen and oxygen atoms in total. The summed E-state index contributed by atoms with van der Waals surface area (Å²) in [7, 11) is 0. The molecular weight excluding hydrogens is 292 g/mol. The molecule has 1 heterocycles. The lowest BCUT2D eigenvalue weighted by Gasteiger charge is -2.19. The summed E-state index contributed by atoms with van der Waals surface area (Å²) in [6.07, 6.45) is -0.179. The maximum Gasteiger partial charge on any atom is 0.305 e. The van der Waals surface area contributed by atoms with Gasteiger partial charge in [0.1, 0.15) is 5.69 Å². The van der Waals surface area contributed by atoms with Crippen LogP contribution in [-0.4, -0.2) is 22.0 Å². The molecule has 0 bridgehead atoms. The van der Waals surface area contributed by atoms with Crippen LogP contribution in [0.25, 0.3) is 0 Å². The van der Waals surface area contributed by atoms with E-state index in [1.54, 1.807) is 6.07 Å². The van der Waals surface area contributed by atoms with Crippen LogP contribution in [0.3, 0.4) is 0 Å². The molecule has 0 aliphatic carbocycles. The van der Waals surface area contributed by atoms with Gasteiger partial charge in [0.25, 0.3) is 5.91 Å². The number of hydrogen-bond acceptors (Lipinski definition) is 3. The van der Waals surface area contributed by atoms with Crippen LogP contribution < -0.4 is 5.32 Å². The van der Waals surface area contributed by atoms with Crippen molar-refractivity contribution >= 4 is 11.9 Å². The number of carbonyl (C=O) groups excluding carboxylic acids is 1. The van der Waals surface area contributed by atoms with Crippen LogP contribution in [0.5, 0.6) is 0 Å². The summed E-state index contributed by atoms with van der Waals surface area (Å²) >= 11 is 0. The number of pyridine rings is 1. The molecule has 0 saturated heterocycles. The third-order valence-electron chi connectivity index (χ3n) is 3.58. The molecule has 0 radical (unpaired) electrons. The van der Waals surface area contributed by atoms with E-state index >= 15 is 0 Å². The summed E-state index contributed by atoms with van der Waals surface area (Å²) in [4.78, 5) is 27.8. The molecule has 2 N–H and O–H groups in total. The monoisotopic (exact) mass is 312 g/mol. The van der Waals surface area contributed by atoms with Gasteiger partial charge in [0.05, 0.1) is 12.5 Å². The van der Waals surface area contributed by atoms with Crippen molar-refractivity contribution in [2.24, 2.45) is 0 Å². The highest BCUT2D eigenvalue weighted by molar-refractivity contribution is 5.93. The van der Waals surface area contributed by atoms with E-state index in [9.17, 15) is 9.59 Å². The minimum atomic E-state index is -0.966. The number of hydrogen-bond donors (Lipinski definition) is 2. The smallest absolute Gasteiger partial charge is 0.305 e. The van der Waals surface area contributed by atoms with Gasteiger partial charge in [0.2, 0.25) is 0 Å². The standard InChI is InChI=1S/C18H20N2O3/c1-11-8-13(3)19-16(9-11)18(23)20-15(10-17(21)22)14-7-5-4-6-12(14)2/h4-9,15H,10H2,1-3H3,(H,20,23)(H,21,22)/t15-/m0/s1. The fraction of sp³-hybridized carbons (Fsp3) is 0.278. The lowest BCUT2D eigenvalue weighted by molar-refractivity contribution is -0.137. The average Bonchev–Trinajstić information content (AvgIpc) is 2.45. The van der Waals surface area contributed by atoms with Crippen LogP contribution in [0.1, 0.15) is 45.3 Å². The molecule has 23 heavy (non-hydrogen) atoms. The fourth-order valence-electron chi connectivity index (χ4n) is 2.58. The first kappa shape index (κ1) is 16.7. The SMILES string of the molecule is Cc1cc(C)nc(C(=O)N[C@@H](CC(=O)O)c2ccccc2C)c1. The summed E-state index contributed by atoms with van der Waals surface area (Å²) in [6, 6.07) is 10.4. The van der Waals surface area contributed by atoms with E-state index in [2.05, 4.69) is 10.3 Å². The first-order valence-electron chi connectivity index (χ1n) is 7.40. The molecule has 1 aromatic heterocycles. The van der Waals surface area contributed by atoms with Crippen LogP contribution in [-0.2, 0) is 4.79 Å². The highest BCUT2D eigenvalue weighted by atomic mass is 16.4. The Morgan fingerprint density at radius 3 is 2.48 bits per heavy atom. The maximum absolute atomic E-state index is 12.5. The molecule has 1 aromatic carbocycles. The topological polar surface area (TPSA) is 79.3 Å². The number of carboxylic acids is 1. The van der Waals surface area contributed by atoms with Crippen molar-refractivity contribution in [1.29, 1.82) is 0 Å². The van der Waals surface area contributed by atoms with Gasteiger partial charge in [-0.3, -0.25) is 9.59 Å². The van der Waals surface area contributed by atoms with Crippen molar-refractivity contribution in [2.75, 3.05) is 0 Å². The van der Waals surface area contributed by atoms with E-state index in [1.807, 2.05) is 51.1 Å². The number of carbonyl (C=O) groups is 2. The van der Waals surface area contributed by atoms with Crippen molar-refractivity contribution in [3.8, 4) is 0 Å². The number of aryl methyl sites for hydroxylation is 3. The van der Waals surface area contributed by atoms with Crippen molar-refractivity contribution in [1.82, 2.24) is 10.3 Å². The lowest BCUT2D eigenvalue weighted by Crippen LogP contribution is -2.31. The summed E-state index contributed by atoms with van der Waals surface area (Å²) in [5, 5.41) is 11.9. The van der Waals surface area contributed by atoms with Crippen molar-refractivity contribution < 1.29 is 14.7 Å². The second-order valence-electron chi connectivity index (χ2n) is 5.65. The maximum atomic E-state index is 12.5. The number of rotatable bonds is 5. The Balaban J connectivity index is 2.29. The van der Waals surface area contributed by atoms with E-state index in [-0.39, 0.29) is 12.3 Å². The van der Waals surface area contributed by atoms with Gasteiger partial charge in [-0.2, -0.15) is 0 Å². The third-order valence-corrected chi connectivity index (χ3v) is 3.58. The Labute approximate surface area is 135 Å². The van der Waals surface area contributed by atoms with Gasteiger partial charge >= 0.3 is 5.97 Å². The zero-order valence-corrected chi connectivity index (χ0v) is 13.5. The number of nitrogens with one attached hydrogen (secondary N) is 1. The third kappa shape index (κ3) is 4.39. The zero-order chi connectivity index (χ0) is 17.0. The molecule has 0 saturated carbocycles. The molecule has 2 aromatic rings. The number of carboxylic acid groups (broad SMARTS) is 1. The van der Waals surface area contributed by atoms with Crippen molar-refractivity contribution in [2.45, 2.75) is 33.2 Å². The van der Waals surface area contributed by atoms with Crippen molar-refractivity contribution in [3.63, 3.8) is 0 Å². The van der Waals surface area contributed by atoms with E-state index in [0.717, 1.165) is 22.4 Å². The fourth-order valence-corrected chi connectivity index (χ4v) is 2.58. The second kappa shape index (κ2) is 7.05. The number of aliphatic carboxylic acids is 1. The van der Waals surface area contributed by atoms with Crippen LogP contribution in [0.4, 0.5) is 0 Å². The molecule has 0 aliphatic heterocycles.